The zero-order valence-corrected chi connectivity index (χ0v) is 17.8. The van der Waals surface area contributed by atoms with Gasteiger partial charge in [0.1, 0.15) is 0 Å². The van der Waals surface area contributed by atoms with Crippen molar-refractivity contribution in [2.75, 3.05) is 0 Å². The first kappa shape index (κ1) is 20.7. The number of amidine groups is 1. The Kier molecular flexibility index (Phi) is 6.25. The second-order valence-corrected chi connectivity index (χ2v) is 8.82. The van der Waals surface area contributed by atoms with Crippen molar-refractivity contribution in [2.45, 2.75) is 38.1 Å². The smallest absolute Gasteiger partial charge is 0.335 e. The molecule has 0 spiro atoms. The molecule has 1 heterocycles. The third-order valence-electron chi connectivity index (χ3n) is 5.26. The van der Waals surface area contributed by atoms with Crippen LogP contribution in [0.3, 0.4) is 0 Å². The molecule has 0 radical (unpaired) electrons. The molecule has 5 nitrogen and oxygen atoms in total. The molecule has 0 atom stereocenters. The van der Waals surface area contributed by atoms with Crippen molar-refractivity contribution < 1.29 is 14.7 Å². The molecule has 1 aliphatic heterocycles. The van der Waals surface area contributed by atoms with Gasteiger partial charge in [-0.1, -0.05) is 49.1 Å². The fourth-order valence-corrected chi connectivity index (χ4v) is 4.94. The number of carbonyl (C=O) groups is 2. The molecule has 1 amide bonds. The molecule has 7 heteroatoms. The van der Waals surface area contributed by atoms with Crippen LogP contribution in [-0.2, 0) is 4.79 Å². The topological polar surface area (TPSA) is 70.0 Å². The van der Waals surface area contributed by atoms with E-state index in [1.807, 2.05) is 18.2 Å². The van der Waals surface area contributed by atoms with Gasteiger partial charge >= 0.3 is 5.97 Å². The van der Waals surface area contributed by atoms with Gasteiger partial charge in [-0.2, -0.15) is 0 Å². The van der Waals surface area contributed by atoms with Gasteiger partial charge < -0.3 is 5.11 Å². The number of rotatable bonds is 4. The molecule has 0 unspecified atom stereocenters. The maximum absolute atomic E-state index is 13.3. The van der Waals surface area contributed by atoms with Crippen molar-refractivity contribution in [3.05, 3.63) is 69.6 Å². The lowest BCUT2D eigenvalue weighted by molar-refractivity contribution is -0.124. The van der Waals surface area contributed by atoms with Gasteiger partial charge in [-0.25, -0.2) is 9.79 Å². The number of thioether (sulfide) groups is 1. The van der Waals surface area contributed by atoms with E-state index in [-0.39, 0.29) is 17.5 Å². The fourth-order valence-electron chi connectivity index (χ4n) is 3.76. The molecule has 2 aromatic carbocycles. The average Bonchev–Trinajstić information content (AvgIpc) is 3.05. The molecule has 2 aromatic rings. The number of hydrogen-bond donors (Lipinski definition) is 1. The maximum Gasteiger partial charge on any atom is 0.335 e. The summed E-state index contributed by atoms with van der Waals surface area (Å²) in [6, 6.07) is 13.9. The highest BCUT2D eigenvalue weighted by atomic mass is 35.5. The predicted octanol–water partition coefficient (Wildman–Crippen LogP) is 5.97. The summed E-state index contributed by atoms with van der Waals surface area (Å²) >= 11 is 7.30. The third kappa shape index (κ3) is 4.60. The summed E-state index contributed by atoms with van der Waals surface area (Å²) in [5, 5.41) is 10.5. The van der Waals surface area contributed by atoms with Crippen molar-refractivity contribution >= 4 is 52.2 Å². The number of benzene rings is 2. The molecule has 0 aromatic heterocycles. The summed E-state index contributed by atoms with van der Waals surface area (Å²) in [6.45, 7) is 0. The molecule has 2 aliphatic rings. The van der Waals surface area contributed by atoms with E-state index in [2.05, 4.69) is 4.99 Å². The highest BCUT2D eigenvalue weighted by Gasteiger charge is 2.38. The number of aromatic carboxylic acids is 1. The normalized spacial score (nSPS) is 20.3. The van der Waals surface area contributed by atoms with Crippen LogP contribution in [0.1, 0.15) is 48.0 Å². The van der Waals surface area contributed by atoms with E-state index < -0.39 is 5.97 Å². The number of amides is 1. The van der Waals surface area contributed by atoms with E-state index in [1.165, 1.54) is 30.3 Å². The largest absolute Gasteiger partial charge is 0.478 e. The Bertz CT molecular complexity index is 1030. The zero-order chi connectivity index (χ0) is 21.1. The van der Waals surface area contributed by atoms with Gasteiger partial charge in [0.05, 0.1) is 16.2 Å². The Morgan fingerprint density at radius 2 is 1.87 bits per heavy atom. The lowest BCUT2D eigenvalue weighted by Gasteiger charge is -2.30. The van der Waals surface area contributed by atoms with Crippen molar-refractivity contribution in [1.29, 1.82) is 0 Å². The molecule has 154 valence electrons. The second-order valence-electron chi connectivity index (χ2n) is 7.38. The highest BCUT2D eigenvalue weighted by Crippen LogP contribution is 2.38. The number of carboxylic acids is 1. The zero-order valence-electron chi connectivity index (χ0n) is 16.3. The first-order valence-electron chi connectivity index (χ1n) is 9.92. The van der Waals surface area contributed by atoms with E-state index in [9.17, 15) is 14.7 Å². The quantitative estimate of drug-likeness (QED) is 0.594. The molecule has 30 heavy (non-hydrogen) atoms. The summed E-state index contributed by atoms with van der Waals surface area (Å²) in [4.78, 5) is 31.7. The van der Waals surface area contributed by atoms with E-state index in [1.54, 1.807) is 29.2 Å². The van der Waals surface area contributed by atoms with E-state index in [0.29, 0.717) is 20.8 Å². The lowest BCUT2D eigenvalue weighted by atomic mass is 9.94. The molecule has 2 fully saturated rings. The first-order valence-corrected chi connectivity index (χ1v) is 11.1. The predicted molar refractivity (Wildman–Crippen MR) is 121 cm³/mol. The van der Waals surface area contributed by atoms with Crippen LogP contribution in [0.4, 0.5) is 5.69 Å². The van der Waals surface area contributed by atoms with Gasteiger partial charge in [-0.3, -0.25) is 9.69 Å². The Morgan fingerprint density at radius 3 is 2.57 bits per heavy atom. The SMILES string of the molecule is O=C(O)c1cccc(N=C2S/C(=C\c3ccc(Cl)cc3)C(=O)N2C2CCCCC2)c1. The highest BCUT2D eigenvalue weighted by molar-refractivity contribution is 8.18. The van der Waals surface area contributed by atoms with Gasteiger partial charge in [0.25, 0.3) is 5.91 Å². The molecule has 1 saturated carbocycles. The average molecular weight is 441 g/mol. The molecule has 0 bridgehead atoms. The summed E-state index contributed by atoms with van der Waals surface area (Å²) < 4.78 is 0. The Morgan fingerprint density at radius 1 is 1.13 bits per heavy atom. The number of nitrogens with zero attached hydrogens (tertiary/aromatic N) is 2. The van der Waals surface area contributed by atoms with Crippen molar-refractivity contribution in [2.24, 2.45) is 4.99 Å². The number of hydrogen-bond acceptors (Lipinski definition) is 4. The molecular weight excluding hydrogens is 420 g/mol. The van der Waals surface area contributed by atoms with E-state index >= 15 is 0 Å². The molecule has 4 rings (SSSR count). The minimum atomic E-state index is -1.00. The maximum atomic E-state index is 13.3. The number of halogens is 1. The Balaban J connectivity index is 1.70. The third-order valence-corrected chi connectivity index (χ3v) is 6.50. The summed E-state index contributed by atoms with van der Waals surface area (Å²) in [7, 11) is 0. The van der Waals surface area contributed by atoms with Crippen LogP contribution in [0, 0.1) is 0 Å². The minimum absolute atomic E-state index is 0.0463. The molecular formula is C23H21ClN2O3S. The lowest BCUT2D eigenvalue weighted by Crippen LogP contribution is -2.40. The summed E-state index contributed by atoms with van der Waals surface area (Å²) in [6.07, 6.45) is 7.14. The number of carboxylic acid groups (broad SMARTS) is 1. The van der Waals surface area contributed by atoms with Crippen LogP contribution >= 0.6 is 23.4 Å². The monoisotopic (exact) mass is 440 g/mol. The summed E-state index contributed by atoms with van der Waals surface area (Å²) in [5.41, 5.74) is 1.60. The van der Waals surface area contributed by atoms with Gasteiger partial charge in [0.2, 0.25) is 0 Å². The van der Waals surface area contributed by atoms with Gasteiger partial charge in [0.15, 0.2) is 5.17 Å². The fraction of sp³-hybridized carbons (Fsp3) is 0.261. The minimum Gasteiger partial charge on any atom is -0.478 e. The number of carbonyl (C=O) groups excluding carboxylic acids is 1. The molecule has 1 N–H and O–H groups in total. The van der Waals surface area contributed by atoms with Crippen LogP contribution in [0.25, 0.3) is 6.08 Å². The molecule has 1 aliphatic carbocycles. The van der Waals surface area contributed by atoms with E-state index in [0.717, 1.165) is 31.2 Å². The standard InChI is InChI=1S/C23H21ClN2O3S/c24-17-11-9-15(10-12-17)13-20-21(27)26(19-7-2-1-3-8-19)23(30-20)25-18-6-4-5-16(14-18)22(28)29/h4-6,9-14,19H,1-3,7-8H2,(H,28,29)/b20-13-,25-23?. The van der Waals surface area contributed by atoms with Crippen LogP contribution in [0.5, 0.6) is 0 Å². The first-order chi connectivity index (χ1) is 14.5. The number of aliphatic imine (C=N–C) groups is 1. The van der Waals surface area contributed by atoms with Crippen LogP contribution in [-0.4, -0.2) is 33.1 Å². The van der Waals surface area contributed by atoms with Crippen LogP contribution < -0.4 is 0 Å². The summed E-state index contributed by atoms with van der Waals surface area (Å²) in [5.74, 6) is -1.05. The van der Waals surface area contributed by atoms with E-state index in [4.69, 9.17) is 11.6 Å². The second kappa shape index (κ2) is 9.06. The van der Waals surface area contributed by atoms with Crippen LogP contribution in [0.2, 0.25) is 5.02 Å². The van der Waals surface area contributed by atoms with Gasteiger partial charge in [-0.15, -0.1) is 0 Å². The van der Waals surface area contributed by atoms with Gasteiger partial charge in [-0.05, 0) is 66.6 Å². The molecule has 1 saturated heterocycles. The Hall–Kier alpha value is -2.57. The van der Waals surface area contributed by atoms with Crippen LogP contribution in [0.15, 0.2) is 58.4 Å². The van der Waals surface area contributed by atoms with Crippen molar-refractivity contribution in [1.82, 2.24) is 4.90 Å². The van der Waals surface area contributed by atoms with Crippen molar-refractivity contribution in [3.63, 3.8) is 0 Å². The Labute approximate surface area is 184 Å². The van der Waals surface area contributed by atoms with Crippen molar-refractivity contribution in [3.8, 4) is 0 Å². The van der Waals surface area contributed by atoms with Gasteiger partial charge in [0, 0.05) is 11.1 Å².